The molecule has 0 aliphatic carbocycles. The molecule has 0 atom stereocenters. The first-order valence-corrected chi connectivity index (χ1v) is 6.96. The SMILES string of the molecule is O=C(NCc1cccc(F)c1)c1ccc(-c2cncnc2)nc1. The van der Waals surface area contributed by atoms with Crippen LogP contribution in [0.15, 0.2) is 61.3 Å². The van der Waals surface area contributed by atoms with E-state index in [2.05, 4.69) is 20.3 Å². The molecule has 0 unspecified atom stereocenters. The van der Waals surface area contributed by atoms with E-state index in [9.17, 15) is 9.18 Å². The van der Waals surface area contributed by atoms with E-state index < -0.39 is 0 Å². The summed E-state index contributed by atoms with van der Waals surface area (Å²) in [5, 5.41) is 2.73. The summed E-state index contributed by atoms with van der Waals surface area (Å²) < 4.78 is 13.1. The Morgan fingerprint density at radius 1 is 1.09 bits per heavy atom. The van der Waals surface area contributed by atoms with Crippen molar-refractivity contribution in [3.63, 3.8) is 0 Å². The lowest BCUT2D eigenvalue weighted by atomic mass is 10.1. The van der Waals surface area contributed by atoms with Gasteiger partial charge in [-0.25, -0.2) is 14.4 Å². The van der Waals surface area contributed by atoms with Gasteiger partial charge >= 0.3 is 0 Å². The zero-order valence-corrected chi connectivity index (χ0v) is 12.1. The molecule has 0 fully saturated rings. The quantitative estimate of drug-likeness (QED) is 0.804. The van der Waals surface area contributed by atoms with Gasteiger partial charge < -0.3 is 5.32 Å². The zero-order valence-electron chi connectivity index (χ0n) is 12.1. The molecule has 1 N–H and O–H groups in total. The first-order valence-electron chi connectivity index (χ1n) is 6.96. The molecule has 1 aromatic carbocycles. The second-order valence-electron chi connectivity index (χ2n) is 4.87. The van der Waals surface area contributed by atoms with Gasteiger partial charge in [0.15, 0.2) is 0 Å². The molecule has 23 heavy (non-hydrogen) atoms. The average molecular weight is 308 g/mol. The Kier molecular flexibility index (Phi) is 4.33. The minimum absolute atomic E-state index is 0.255. The number of amides is 1. The van der Waals surface area contributed by atoms with Crippen molar-refractivity contribution in [1.82, 2.24) is 20.3 Å². The Balaban J connectivity index is 1.66. The van der Waals surface area contributed by atoms with Gasteiger partial charge in [0.1, 0.15) is 12.1 Å². The Labute approximate surface area is 132 Å². The maximum Gasteiger partial charge on any atom is 0.253 e. The first kappa shape index (κ1) is 14.8. The van der Waals surface area contributed by atoms with Crippen molar-refractivity contribution in [1.29, 1.82) is 0 Å². The summed E-state index contributed by atoms with van der Waals surface area (Å²) in [6, 6.07) is 9.51. The molecular formula is C17H13FN4O. The molecule has 1 amide bonds. The van der Waals surface area contributed by atoms with Gasteiger partial charge in [0, 0.05) is 30.7 Å². The van der Waals surface area contributed by atoms with Gasteiger partial charge in [-0.05, 0) is 29.8 Å². The minimum Gasteiger partial charge on any atom is -0.348 e. The predicted octanol–water partition coefficient (Wildman–Crippen LogP) is 2.61. The van der Waals surface area contributed by atoms with Crippen LogP contribution in [-0.4, -0.2) is 20.9 Å². The largest absolute Gasteiger partial charge is 0.348 e. The fourth-order valence-corrected chi connectivity index (χ4v) is 2.06. The molecule has 0 spiro atoms. The molecule has 0 bridgehead atoms. The summed E-state index contributed by atoms with van der Waals surface area (Å²) in [5.41, 5.74) is 2.60. The summed E-state index contributed by atoms with van der Waals surface area (Å²) in [6.07, 6.45) is 6.24. The molecule has 6 heteroatoms. The highest BCUT2D eigenvalue weighted by atomic mass is 19.1. The lowest BCUT2D eigenvalue weighted by Crippen LogP contribution is -2.22. The standard InChI is InChI=1S/C17H13FN4O/c18-15-3-1-2-12(6-15)7-22-17(23)13-4-5-16(21-10-13)14-8-19-11-20-9-14/h1-6,8-11H,7H2,(H,22,23). The number of carbonyl (C=O) groups excluding carboxylic acids is 1. The molecule has 114 valence electrons. The van der Waals surface area contributed by atoms with Crippen molar-refractivity contribution in [2.24, 2.45) is 0 Å². The number of carbonyl (C=O) groups is 1. The van der Waals surface area contributed by atoms with E-state index in [-0.39, 0.29) is 18.3 Å². The van der Waals surface area contributed by atoms with Gasteiger partial charge in [0.25, 0.3) is 5.91 Å². The second kappa shape index (κ2) is 6.74. The molecule has 0 saturated heterocycles. The van der Waals surface area contributed by atoms with Gasteiger partial charge in [-0.15, -0.1) is 0 Å². The van der Waals surface area contributed by atoms with E-state index >= 15 is 0 Å². The van der Waals surface area contributed by atoms with Gasteiger partial charge in [-0.3, -0.25) is 9.78 Å². The highest BCUT2D eigenvalue weighted by Crippen LogP contribution is 2.14. The van der Waals surface area contributed by atoms with Crippen LogP contribution >= 0.6 is 0 Å². The van der Waals surface area contributed by atoms with Crippen LogP contribution in [-0.2, 0) is 6.54 Å². The zero-order chi connectivity index (χ0) is 16.1. The Bertz CT molecular complexity index is 806. The number of hydrogen-bond acceptors (Lipinski definition) is 4. The van der Waals surface area contributed by atoms with Gasteiger partial charge in [-0.1, -0.05) is 12.1 Å². The van der Waals surface area contributed by atoms with E-state index in [1.54, 1.807) is 36.7 Å². The first-order chi connectivity index (χ1) is 11.2. The van der Waals surface area contributed by atoms with E-state index in [0.29, 0.717) is 16.8 Å². The van der Waals surface area contributed by atoms with Crippen LogP contribution in [0.5, 0.6) is 0 Å². The predicted molar refractivity (Wildman–Crippen MR) is 82.8 cm³/mol. The van der Waals surface area contributed by atoms with Crippen LogP contribution < -0.4 is 5.32 Å². The van der Waals surface area contributed by atoms with Crippen molar-refractivity contribution >= 4 is 5.91 Å². The fraction of sp³-hybridized carbons (Fsp3) is 0.0588. The molecule has 0 aliphatic rings. The molecule has 0 aliphatic heterocycles. The number of pyridine rings is 1. The number of nitrogens with one attached hydrogen (secondary N) is 1. The highest BCUT2D eigenvalue weighted by Gasteiger charge is 2.07. The average Bonchev–Trinajstić information content (AvgIpc) is 2.61. The third-order valence-corrected chi connectivity index (χ3v) is 3.22. The number of benzene rings is 1. The van der Waals surface area contributed by atoms with E-state index in [0.717, 1.165) is 5.56 Å². The summed E-state index contributed by atoms with van der Waals surface area (Å²) in [5.74, 6) is -0.592. The Morgan fingerprint density at radius 3 is 2.61 bits per heavy atom. The topological polar surface area (TPSA) is 67.8 Å². The molecule has 0 saturated carbocycles. The van der Waals surface area contributed by atoms with Crippen molar-refractivity contribution in [2.45, 2.75) is 6.54 Å². The highest BCUT2D eigenvalue weighted by molar-refractivity contribution is 5.94. The normalized spacial score (nSPS) is 10.3. The van der Waals surface area contributed by atoms with Crippen LogP contribution in [0.25, 0.3) is 11.3 Å². The maximum atomic E-state index is 13.1. The summed E-state index contributed by atoms with van der Waals surface area (Å²) in [7, 11) is 0. The molecule has 0 radical (unpaired) electrons. The molecule has 5 nitrogen and oxygen atoms in total. The van der Waals surface area contributed by atoms with Crippen LogP contribution in [0.4, 0.5) is 4.39 Å². The molecule has 3 aromatic rings. The number of hydrogen-bond donors (Lipinski definition) is 1. The lowest BCUT2D eigenvalue weighted by Gasteiger charge is -2.06. The van der Waals surface area contributed by atoms with Crippen molar-refractivity contribution in [3.8, 4) is 11.3 Å². The van der Waals surface area contributed by atoms with Crippen molar-refractivity contribution in [3.05, 3.63) is 78.3 Å². The van der Waals surface area contributed by atoms with Crippen LogP contribution in [0.1, 0.15) is 15.9 Å². The summed E-state index contributed by atoms with van der Waals surface area (Å²) in [4.78, 5) is 24.2. The summed E-state index contributed by atoms with van der Waals surface area (Å²) >= 11 is 0. The number of halogens is 1. The number of nitrogens with zero attached hydrogens (tertiary/aromatic N) is 3. The number of rotatable bonds is 4. The van der Waals surface area contributed by atoms with Crippen LogP contribution in [0, 0.1) is 5.82 Å². The van der Waals surface area contributed by atoms with Crippen molar-refractivity contribution < 1.29 is 9.18 Å². The van der Waals surface area contributed by atoms with Crippen LogP contribution in [0.2, 0.25) is 0 Å². The monoisotopic (exact) mass is 308 g/mol. The van der Waals surface area contributed by atoms with Gasteiger partial charge in [0.2, 0.25) is 0 Å². The third kappa shape index (κ3) is 3.74. The van der Waals surface area contributed by atoms with Crippen LogP contribution in [0.3, 0.4) is 0 Å². The molecule has 2 heterocycles. The smallest absolute Gasteiger partial charge is 0.253 e. The summed E-state index contributed by atoms with van der Waals surface area (Å²) in [6.45, 7) is 0.255. The second-order valence-corrected chi connectivity index (χ2v) is 4.87. The lowest BCUT2D eigenvalue weighted by molar-refractivity contribution is 0.0950. The van der Waals surface area contributed by atoms with Gasteiger partial charge in [0.05, 0.1) is 11.3 Å². The maximum absolute atomic E-state index is 13.1. The Morgan fingerprint density at radius 2 is 1.91 bits per heavy atom. The fourth-order valence-electron chi connectivity index (χ4n) is 2.06. The molecule has 2 aromatic heterocycles. The van der Waals surface area contributed by atoms with E-state index in [1.807, 2.05) is 0 Å². The minimum atomic E-state index is -0.326. The Hall–Kier alpha value is -3.15. The molecule has 3 rings (SSSR count). The number of aromatic nitrogens is 3. The van der Waals surface area contributed by atoms with Gasteiger partial charge in [-0.2, -0.15) is 0 Å². The molecular weight excluding hydrogens is 295 g/mol. The third-order valence-electron chi connectivity index (χ3n) is 3.22. The van der Waals surface area contributed by atoms with E-state index in [1.165, 1.54) is 24.7 Å². The van der Waals surface area contributed by atoms with E-state index in [4.69, 9.17) is 0 Å². The van der Waals surface area contributed by atoms with Crippen molar-refractivity contribution in [2.75, 3.05) is 0 Å².